The molecular formula is C21H25N3O2. The number of nitrogens with one attached hydrogen (secondary N) is 1. The van der Waals surface area contributed by atoms with E-state index in [9.17, 15) is 4.79 Å². The highest BCUT2D eigenvalue weighted by molar-refractivity contribution is 5.77. The first-order valence-corrected chi connectivity index (χ1v) is 9.09. The lowest BCUT2D eigenvalue weighted by Crippen LogP contribution is -2.31. The van der Waals surface area contributed by atoms with Crippen LogP contribution in [-0.2, 0) is 0 Å². The highest BCUT2D eigenvalue weighted by atomic mass is 16.5. The van der Waals surface area contributed by atoms with E-state index >= 15 is 0 Å². The van der Waals surface area contributed by atoms with Crippen LogP contribution in [0.15, 0.2) is 53.3 Å². The molecule has 0 spiro atoms. The zero-order chi connectivity index (χ0) is 18.5. The van der Waals surface area contributed by atoms with Crippen LogP contribution < -0.4 is 15.6 Å². The van der Waals surface area contributed by atoms with Gasteiger partial charge >= 0.3 is 0 Å². The summed E-state index contributed by atoms with van der Waals surface area (Å²) in [5, 5.41) is 4.14. The van der Waals surface area contributed by atoms with E-state index in [1.54, 1.807) is 11.7 Å². The van der Waals surface area contributed by atoms with Gasteiger partial charge in [0.15, 0.2) is 0 Å². The molecule has 0 saturated heterocycles. The Kier molecular flexibility index (Phi) is 5.68. The van der Waals surface area contributed by atoms with E-state index in [-0.39, 0.29) is 11.6 Å². The van der Waals surface area contributed by atoms with Crippen LogP contribution in [0.5, 0.6) is 5.75 Å². The molecule has 2 aromatic carbocycles. The molecule has 1 aromatic heterocycles. The zero-order valence-electron chi connectivity index (χ0n) is 15.5. The van der Waals surface area contributed by atoms with Gasteiger partial charge in [-0.05, 0) is 55.8 Å². The molecule has 1 unspecified atom stereocenters. The quantitative estimate of drug-likeness (QED) is 0.702. The van der Waals surface area contributed by atoms with E-state index in [0.29, 0.717) is 5.39 Å². The lowest BCUT2D eigenvalue weighted by molar-refractivity contribution is 0.414. The fraction of sp³-hybridized carbons (Fsp3) is 0.333. The molecule has 0 amide bonds. The number of aromatic nitrogens is 2. The summed E-state index contributed by atoms with van der Waals surface area (Å²) in [6.45, 7) is 5.11. The molecule has 1 N–H and O–H groups in total. The molecule has 26 heavy (non-hydrogen) atoms. The molecule has 0 saturated carbocycles. The van der Waals surface area contributed by atoms with Crippen molar-refractivity contribution in [3.63, 3.8) is 0 Å². The Bertz CT molecular complexity index is 932. The molecule has 5 nitrogen and oxygen atoms in total. The number of hydrogen-bond acceptors (Lipinski definition) is 4. The highest BCUT2D eigenvalue weighted by Gasteiger charge is 2.19. The van der Waals surface area contributed by atoms with Gasteiger partial charge in [0.1, 0.15) is 11.6 Å². The van der Waals surface area contributed by atoms with Crippen LogP contribution in [0.1, 0.15) is 38.6 Å². The monoisotopic (exact) mass is 351 g/mol. The predicted octanol–water partition coefficient (Wildman–Crippen LogP) is 3.85. The minimum atomic E-state index is -0.0486. The number of methoxy groups -OCH3 is 1. The van der Waals surface area contributed by atoms with Crippen molar-refractivity contribution in [3.8, 4) is 11.4 Å². The second-order valence-electron chi connectivity index (χ2n) is 6.24. The lowest BCUT2D eigenvalue weighted by Gasteiger charge is -2.21. The molecule has 0 bridgehead atoms. The van der Waals surface area contributed by atoms with Crippen LogP contribution in [0.3, 0.4) is 0 Å². The molecule has 136 valence electrons. The molecular weight excluding hydrogens is 326 g/mol. The van der Waals surface area contributed by atoms with E-state index in [4.69, 9.17) is 9.72 Å². The van der Waals surface area contributed by atoms with Crippen LogP contribution >= 0.6 is 0 Å². The van der Waals surface area contributed by atoms with Gasteiger partial charge in [0.05, 0.1) is 29.7 Å². The molecule has 0 radical (unpaired) electrons. The van der Waals surface area contributed by atoms with E-state index < -0.39 is 0 Å². The van der Waals surface area contributed by atoms with E-state index in [1.165, 1.54) is 0 Å². The maximum atomic E-state index is 13.3. The summed E-state index contributed by atoms with van der Waals surface area (Å²) in [5.41, 5.74) is 1.47. The summed E-state index contributed by atoms with van der Waals surface area (Å²) in [7, 11) is 1.63. The Balaban J connectivity index is 2.24. The number of benzene rings is 2. The first kappa shape index (κ1) is 18.1. The van der Waals surface area contributed by atoms with Crippen molar-refractivity contribution in [1.82, 2.24) is 14.9 Å². The van der Waals surface area contributed by atoms with Gasteiger partial charge in [-0.2, -0.15) is 0 Å². The van der Waals surface area contributed by atoms with Gasteiger partial charge in [0, 0.05) is 0 Å². The molecule has 5 heteroatoms. The fourth-order valence-electron chi connectivity index (χ4n) is 3.10. The molecule has 3 rings (SSSR count). The van der Waals surface area contributed by atoms with Gasteiger partial charge in [-0.15, -0.1) is 0 Å². The lowest BCUT2D eigenvalue weighted by atomic mass is 10.1. The van der Waals surface area contributed by atoms with Crippen LogP contribution in [0, 0.1) is 0 Å². The van der Waals surface area contributed by atoms with Crippen molar-refractivity contribution in [2.45, 2.75) is 32.7 Å². The van der Waals surface area contributed by atoms with Crippen LogP contribution in [0.2, 0.25) is 0 Å². The Hall–Kier alpha value is -2.66. The third kappa shape index (κ3) is 3.48. The smallest absolute Gasteiger partial charge is 0.266 e. The van der Waals surface area contributed by atoms with Gasteiger partial charge in [-0.1, -0.05) is 26.0 Å². The summed E-state index contributed by atoms with van der Waals surface area (Å²) in [5.74, 6) is 1.50. The SMILES string of the molecule is CCCNC(CC)c1nc2ccccc2c(=O)n1-c1ccc(OC)cc1. The van der Waals surface area contributed by atoms with E-state index in [0.717, 1.165) is 42.2 Å². The third-order valence-electron chi connectivity index (χ3n) is 4.49. The summed E-state index contributed by atoms with van der Waals surface area (Å²) < 4.78 is 6.96. The van der Waals surface area contributed by atoms with Gasteiger partial charge < -0.3 is 10.1 Å². The maximum absolute atomic E-state index is 13.3. The number of hydrogen-bond donors (Lipinski definition) is 1. The Labute approximate surface area is 153 Å². The zero-order valence-corrected chi connectivity index (χ0v) is 15.5. The average Bonchev–Trinajstić information content (AvgIpc) is 2.69. The molecule has 1 atom stereocenters. The minimum Gasteiger partial charge on any atom is -0.497 e. The average molecular weight is 351 g/mol. The van der Waals surface area contributed by atoms with Gasteiger partial charge in [0.25, 0.3) is 5.56 Å². The largest absolute Gasteiger partial charge is 0.497 e. The topological polar surface area (TPSA) is 56.2 Å². The van der Waals surface area contributed by atoms with Crippen molar-refractivity contribution in [1.29, 1.82) is 0 Å². The summed E-state index contributed by atoms with van der Waals surface area (Å²) >= 11 is 0. The first-order chi connectivity index (χ1) is 12.7. The normalized spacial score (nSPS) is 12.3. The summed E-state index contributed by atoms with van der Waals surface area (Å²) in [6, 6.07) is 15.0. The highest BCUT2D eigenvalue weighted by Crippen LogP contribution is 2.22. The Morgan fingerprint density at radius 1 is 1.12 bits per heavy atom. The van der Waals surface area contributed by atoms with Crippen molar-refractivity contribution < 1.29 is 4.74 Å². The van der Waals surface area contributed by atoms with Crippen molar-refractivity contribution in [3.05, 3.63) is 64.7 Å². The molecule has 0 aliphatic rings. The van der Waals surface area contributed by atoms with Crippen LogP contribution in [0.4, 0.5) is 0 Å². The molecule has 0 fully saturated rings. The van der Waals surface area contributed by atoms with E-state index in [2.05, 4.69) is 19.2 Å². The summed E-state index contributed by atoms with van der Waals surface area (Å²) in [6.07, 6.45) is 1.87. The second-order valence-corrected chi connectivity index (χ2v) is 6.24. The Morgan fingerprint density at radius 2 is 1.85 bits per heavy atom. The van der Waals surface area contributed by atoms with Crippen molar-refractivity contribution in [2.75, 3.05) is 13.7 Å². The van der Waals surface area contributed by atoms with Gasteiger partial charge in [0.2, 0.25) is 0 Å². The number of para-hydroxylation sites is 1. The van der Waals surface area contributed by atoms with Gasteiger partial charge in [-0.3, -0.25) is 9.36 Å². The number of rotatable bonds is 7. The first-order valence-electron chi connectivity index (χ1n) is 9.09. The summed E-state index contributed by atoms with van der Waals surface area (Å²) in [4.78, 5) is 18.1. The second kappa shape index (κ2) is 8.15. The molecule has 0 aliphatic carbocycles. The minimum absolute atomic E-state index is 0.00866. The number of nitrogens with zero attached hydrogens (tertiary/aromatic N) is 2. The van der Waals surface area contributed by atoms with Crippen LogP contribution in [-0.4, -0.2) is 23.2 Å². The molecule has 3 aromatic rings. The fourth-order valence-corrected chi connectivity index (χ4v) is 3.10. The van der Waals surface area contributed by atoms with E-state index in [1.807, 2.05) is 48.5 Å². The maximum Gasteiger partial charge on any atom is 0.266 e. The number of ether oxygens (including phenoxy) is 1. The van der Waals surface area contributed by atoms with Crippen molar-refractivity contribution in [2.24, 2.45) is 0 Å². The number of fused-ring (bicyclic) bond motifs is 1. The molecule has 1 heterocycles. The van der Waals surface area contributed by atoms with Crippen molar-refractivity contribution >= 4 is 10.9 Å². The Morgan fingerprint density at radius 3 is 2.50 bits per heavy atom. The third-order valence-corrected chi connectivity index (χ3v) is 4.49. The predicted molar refractivity (Wildman–Crippen MR) is 105 cm³/mol. The van der Waals surface area contributed by atoms with Crippen LogP contribution in [0.25, 0.3) is 16.6 Å². The molecule has 0 aliphatic heterocycles. The standard InChI is InChI=1S/C21H25N3O2/c1-4-14-22-18(5-2)20-23-19-9-7-6-8-17(19)21(25)24(20)15-10-12-16(26-3)13-11-15/h6-13,18,22H,4-5,14H2,1-3H3. The van der Waals surface area contributed by atoms with Gasteiger partial charge in [-0.25, -0.2) is 4.98 Å².